The number of nitrogens with two attached hydrogens (primary N) is 1. The zero-order valence-corrected chi connectivity index (χ0v) is 13.0. The van der Waals surface area contributed by atoms with Gasteiger partial charge in [-0.1, -0.05) is 32.0 Å². The first-order chi connectivity index (χ1) is 11.0. The van der Waals surface area contributed by atoms with Gasteiger partial charge in [0.05, 0.1) is 16.8 Å². The molecular weight excluding hydrogens is 294 g/mol. The number of pyridine rings is 1. The smallest absolute Gasteiger partial charge is 0.262 e. The van der Waals surface area contributed by atoms with Gasteiger partial charge in [0.1, 0.15) is 5.82 Å². The molecule has 3 rings (SSSR count). The number of anilines is 1. The number of hydrogen-bond donors (Lipinski definition) is 2. The highest BCUT2D eigenvalue weighted by atomic mass is 16.2. The van der Waals surface area contributed by atoms with Gasteiger partial charge in [-0.05, 0) is 24.0 Å². The fraction of sp³-hybridized carbons (Fsp3) is 0.235. The van der Waals surface area contributed by atoms with Gasteiger partial charge in [0.15, 0.2) is 0 Å². The Morgan fingerprint density at radius 2 is 1.65 bits per heavy atom. The molecule has 1 aliphatic rings. The molecule has 2 amide bonds. The first kappa shape index (κ1) is 15.0. The Morgan fingerprint density at radius 1 is 1.04 bits per heavy atom. The molecule has 0 atom stereocenters. The number of aryl methyl sites for hydroxylation is 2. The second kappa shape index (κ2) is 5.39. The van der Waals surface area contributed by atoms with Crippen molar-refractivity contribution in [1.29, 1.82) is 0 Å². The van der Waals surface area contributed by atoms with Crippen LogP contribution in [0.4, 0.5) is 5.82 Å². The largest absolute Gasteiger partial charge is 0.384 e. The van der Waals surface area contributed by atoms with E-state index in [4.69, 9.17) is 5.73 Å². The molecule has 0 saturated carbocycles. The summed E-state index contributed by atoms with van der Waals surface area (Å²) in [5.41, 5.74) is 8.44. The quantitative estimate of drug-likeness (QED) is 0.838. The topological polar surface area (TPSA) is 94.2 Å². The Morgan fingerprint density at radius 3 is 2.22 bits per heavy atom. The van der Waals surface area contributed by atoms with Gasteiger partial charge in [-0.3, -0.25) is 24.3 Å². The monoisotopic (exact) mass is 311 g/mol. The van der Waals surface area contributed by atoms with E-state index >= 15 is 0 Å². The Balaban J connectivity index is 2.41. The van der Waals surface area contributed by atoms with Crippen LogP contribution in [0.5, 0.6) is 0 Å². The highest BCUT2D eigenvalue weighted by Crippen LogP contribution is 2.27. The second-order valence-corrected chi connectivity index (χ2v) is 5.41. The summed E-state index contributed by atoms with van der Waals surface area (Å²) in [6.45, 7) is 3.98. The Hall–Kier alpha value is -2.89. The van der Waals surface area contributed by atoms with Crippen LogP contribution in [0.25, 0.3) is 5.69 Å². The van der Waals surface area contributed by atoms with E-state index in [1.807, 2.05) is 32.0 Å². The molecule has 0 unspecified atom stereocenters. The summed E-state index contributed by atoms with van der Waals surface area (Å²) in [6, 6.07) is 6.97. The molecular formula is C17H17N3O3. The van der Waals surface area contributed by atoms with E-state index in [-0.39, 0.29) is 16.9 Å². The lowest BCUT2D eigenvalue weighted by Gasteiger charge is -2.18. The van der Waals surface area contributed by atoms with E-state index in [9.17, 15) is 14.4 Å². The molecule has 2 aromatic rings. The van der Waals surface area contributed by atoms with Crippen molar-refractivity contribution in [2.24, 2.45) is 0 Å². The number of nitrogens with one attached hydrogen (secondary N) is 1. The lowest BCUT2D eigenvalue weighted by molar-refractivity contribution is 0.0880. The third-order valence-electron chi connectivity index (χ3n) is 4.14. The Bertz CT molecular complexity index is 874. The zero-order valence-electron chi connectivity index (χ0n) is 13.0. The fourth-order valence-corrected chi connectivity index (χ4v) is 3.01. The van der Waals surface area contributed by atoms with Crippen LogP contribution in [0, 0.1) is 0 Å². The molecule has 1 aromatic heterocycles. The van der Waals surface area contributed by atoms with Crippen molar-refractivity contribution in [3.63, 3.8) is 0 Å². The normalized spacial score (nSPS) is 13.1. The average Bonchev–Trinajstić information content (AvgIpc) is 2.81. The Labute approximate surface area is 132 Å². The van der Waals surface area contributed by atoms with Crippen molar-refractivity contribution in [2.75, 3.05) is 5.73 Å². The number of para-hydroxylation sites is 1. The molecule has 0 aliphatic carbocycles. The van der Waals surface area contributed by atoms with Crippen molar-refractivity contribution >= 4 is 17.6 Å². The van der Waals surface area contributed by atoms with Crippen LogP contribution in [-0.2, 0) is 12.8 Å². The predicted molar refractivity (Wildman–Crippen MR) is 87.0 cm³/mol. The number of hydrogen-bond acceptors (Lipinski definition) is 4. The third-order valence-corrected chi connectivity index (χ3v) is 4.14. The molecule has 3 N–H and O–H groups in total. The van der Waals surface area contributed by atoms with Crippen molar-refractivity contribution in [3.8, 4) is 5.69 Å². The van der Waals surface area contributed by atoms with E-state index in [0.29, 0.717) is 5.69 Å². The highest BCUT2D eigenvalue weighted by molar-refractivity contribution is 6.23. The lowest BCUT2D eigenvalue weighted by atomic mass is 10.0. The molecule has 6 nitrogen and oxygen atoms in total. The van der Waals surface area contributed by atoms with Crippen molar-refractivity contribution < 1.29 is 9.59 Å². The lowest BCUT2D eigenvalue weighted by Crippen LogP contribution is -2.25. The summed E-state index contributed by atoms with van der Waals surface area (Å²) in [6.07, 6.45) is 1.44. The van der Waals surface area contributed by atoms with Crippen LogP contribution >= 0.6 is 0 Å². The molecule has 2 heterocycles. The number of nitrogens with zero attached hydrogens (tertiary/aromatic N) is 1. The molecule has 1 aromatic carbocycles. The summed E-state index contributed by atoms with van der Waals surface area (Å²) < 4.78 is 1.34. The average molecular weight is 311 g/mol. The third kappa shape index (κ3) is 2.14. The molecule has 0 saturated heterocycles. The van der Waals surface area contributed by atoms with Crippen LogP contribution in [0.2, 0.25) is 0 Å². The fourth-order valence-electron chi connectivity index (χ4n) is 3.01. The minimum absolute atomic E-state index is 0.00597. The van der Waals surface area contributed by atoms with Crippen LogP contribution in [0.1, 0.15) is 45.7 Å². The SMILES string of the molecule is CCc1cccc(CC)c1-n1c(N)c2c(cc1=O)C(=O)NC2=O. The van der Waals surface area contributed by atoms with Gasteiger partial charge in [-0.15, -0.1) is 0 Å². The van der Waals surface area contributed by atoms with Crippen molar-refractivity contribution in [2.45, 2.75) is 26.7 Å². The summed E-state index contributed by atoms with van der Waals surface area (Å²) in [4.78, 5) is 36.3. The number of aromatic nitrogens is 1. The summed E-state index contributed by atoms with van der Waals surface area (Å²) >= 11 is 0. The van der Waals surface area contributed by atoms with E-state index in [2.05, 4.69) is 5.32 Å². The van der Waals surface area contributed by atoms with Crippen LogP contribution < -0.4 is 16.6 Å². The highest BCUT2D eigenvalue weighted by Gasteiger charge is 2.32. The van der Waals surface area contributed by atoms with Gasteiger partial charge in [0, 0.05) is 6.07 Å². The molecule has 0 fully saturated rings. The second-order valence-electron chi connectivity index (χ2n) is 5.41. The minimum atomic E-state index is -0.583. The van der Waals surface area contributed by atoms with E-state index in [1.54, 1.807) is 0 Å². The summed E-state index contributed by atoms with van der Waals surface area (Å²) in [5.74, 6) is -1.14. The van der Waals surface area contributed by atoms with Gasteiger partial charge < -0.3 is 5.73 Å². The number of benzene rings is 1. The van der Waals surface area contributed by atoms with E-state index in [1.165, 1.54) is 10.6 Å². The number of imide groups is 1. The first-order valence-electron chi connectivity index (χ1n) is 7.51. The van der Waals surface area contributed by atoms with Crippen molar-refractivity contribution in [1.82, 2.24) is 9.88 Å². The number of carbonyl (C=O) groups excluding carboxylic acids is 2. The maximum Gasteiger partial charge on any atom is 0.262 e. The minimum Gasteiger partial charge on any atom is -0.384 e. The number of carbonyl (C=O) groups is 2. The van der Waals surface area contributed by atoms with E-state index in [0.717, 1.165) is 24.0 Å². The van der Waals surface area contributed by atoms with Crippen LogP contribution in [-0.4, -0.2) is 16.4 Å². The van der Waals surface area contributed by atoms with Gasteiger partial charge in [0.2, 0.25) is 0 Å². The molecule has 118 valence electrons. The zero-order chi connectivity index (χ0) is 16.7. The van der Waals surface area contributed by atoms with Crippen LogP contribution in [0.3, 0.4) is 0 Å². The van der Waals surface area contributed by atoms with Gasteiger partial charge >= 0.3 is 0 Å². The molecule has 0 radical (unpaired) electrons. The molecule has 1 aliphatic heterocycles. The number of rotatable bonds is 3. The molecule has 0 bridgehead atoms. The maximum absolute atomic E-state index is 12.6. The number of nitrogen functional groups attached to an aromatic ring is 1. The van der Waals surface area contributed by atoms with Crippen molar-refractivity contribution in [3.05, 3.63) is 56.9 Å². The van der Waals surface area contributed by atoms with Gasteiger partial charge in [0.25, 0.3) is 17.4 Å². The number of fused-ring (bicyclic) bond motifs is 1. The maximum atomic E-state index is 12.6. The first-order valence-corrected chi connectivity index (χ1v) is 7.51. The van der Waals surface area contributed by atoms with E-state index < -0.39 is 17.4 Å². The number of amides is 2. The predicted octanol–water partition coefficient (Wildman–Crippen LogP) is 1.43. The summed E-state index contributed by atoms with van der Waals surface area (Å²) in [5, 5.41) is 2.18. The molecule has 6 heteroatoms. The van der Waals surface area contributed by atoms with Crippen LogP contribution in [0.15, 0.2) is 29.1 Å². The summed E-state index contributed by atoms with van der Waals surface area (Å²) in [7, 11) is 0. The molecule has 23 heavy (non-hydrogen) atoms. The molecule has 0 spiro atoms. The van der Waals surface area contributed by atoms with Gasteiger partial charge in [-0.25, -0.2) is 0 Å². The van der Waals surface area contributed by atoms with Gasteiger partial charge in [-0.2, -0.15) is 0 Å². The standard InChI is InChI=1S/C17H17N3O3/c1-3-9-6-5-7-10(4-2)14(9)20-12(21)8-11-13(15(20)18)17(23)19-16(11)22/h5-8H,3-4,18H2,1-2H3,(H,19,22,23). The Kier molecular flexibility index (Phi) is 3.52.